The van der Waals surface area contributed by atoms with Crippen LogP contribution >= 0.6 is 0 Å². The Balaban J connectivity index is 0.000000804. The number of oxazole rings is 1. The number of allylic oxidation sites excluding steroid dienone is 2. The molecule has 0 spiro atoms. The standard InChI is InChI=1S/C16H16F3N3O2.C12H16N2O2.C2H6.C2H4/c1-9-13(8-20)24-15(22-9)12-5-4-11(23-2)7-10(12)3-6-14(21)16(17,18)19;1-3-12(13-2)16-11-6-4-10(5-7-11)8-14-9-15;2*1-2/h3-7,21H,8,20H2,1-2H3;3-7,9,13H,8H2,1-2H3,(H,14,15);1-2H3;1-2H2/b6-3-,21-14?;12-3+;;. The van der Waals surface area contributed by atoms with Crippen molar-refractivity contribution in [2.24, 2.45) is 5.73 Å². The van der Waals surface area contributed by atoms with Gasteiger partial charge in [-0.25, -0.2) is 4.98 Å². The van der Waals surface area contributed by atoms with Gasteiger partial charge in [-0.2, -0.15) is 13.2 Å². The summed E-state index contributed by atoms with van der Waals surface area (Å²) in [6, 6.07) is 12.4. The predicted molar refractivity (Wildman–Crippen MR) is 169 cm³/mol. The van der Waals surface area contributed by atoms with Gasteiger partial charge in [0.05, 0.1) is 19.3 Å². The second-order valence-electron chi connectivity index (χ2n) is 8.08. The summed E-state index contributed by atoms with van der Waals surface area (Å²) >= 11 is 0. The van der Waals surface area contributed by atoms with Crippen molar-refractivity contribution in [3.05, 3.63) is 96.2 Å². The number of amides is 1. The van der Waals surface area contributed by atoms with Gasteiger partial charge in [0.2, 0.25) is 12.3 Å². The van der Waals surface area contributed by atoms with Gasteiger partial charge in [0, 0.05) is 19.2 Å². The molecular weight excluding hydrogens is 575 g/mol. The molecule has 0 aliphatic heterocycles. The number of ether oxygens (including phenoxy) is 2. The zero-order chi connectivity index (χ0) is 33.7. The van der Waals surface area contributed by atoms with E-state index in [2.05, 4.69) is 28.8 Å². The van der Waals surface area contributed by atoms with E-state index in [1.165, 1.54) is 19.3 Å². The van der Waals surface area contributed by atoms with Crippen molar-refractivity contribution in [3.63, 3.8) is 0 Å². The highest BCUT2D eigenvalue weighted by atomic mass is 19.4. The highest BCUT2D eigenvalue weighted by Crippen LogP contribution is 2.30. The molecule has 0 aliphatic rings. The number of methoxy groups -OCH3 is 1. The molecule has 1 heterocycles. The van der Waals surface area contributed by atoms with E-state index in [9.17, 15) is 18.0 Å². The second-order valence-corrected chi connectivity index (χ2v) is 8.08. The minimum absolute atomic E-state index is 0.166. The summed E-state index contributed by atoms with van der Waals surface area (Å²) < 4.78 is 53.6. The van der Waals surface area contributed by atoms with Gasteiger partial charge in [-0.15, -0.1) is 13.2 Å². The Labute approximate surface area is 257 Å². The highest BCUT2D eigenvalue weighted by molar-refractivity contribution is 6.00. The Hall–Kier alpha value is -4.84. The van der Waals surface area contributed by atoms with Crippen LogP contribution in [-0.4, -0.2) is 37.4 Å². The molecule has 12 heteroatoms. The minimum atomic E-state index is -4.71. The molecule has 9 nitrogen and oxygen atoms in total. The van der Waals surface area contributed by atoms with Gasteiger partial charge >= 0.3 is 6.18 Å². The summed E-state index contributed by atoms with van der Waals surface area (Å²) in [5, 5.41) is 12.6. The van der Waals surface area contributed by atoms with Crippen LogP contribution in [0.5, 0.6) is 11.5 Å². The van der Waals surface area contributed by atoms with E-state index in [4.69, 9.17) is 25.0 Å². The second kappa shape index (κ2) is 20.9. The largest absolute Gasteiger partial charge is 0.497 e. The van der Waals surface area contributed by atoms with E-state index in [0.717, 1.165) is 11.3 Å². The molecule has 240 valence electrons. The molecule has 44 heavy (non-hydrogen) atoms. The molecule has 0 atom stereocenters. The van der Waals surface area contributed by atoms with Crippen molar-refractivity contribution in [3.8, 4) is 23.0 Å². The molecule has 3 aromatic rings. The third-order valence-electron chi connectivity index (χ3n) is 5.35. The minimum Gasteiger partial charge on any atom is -0.497 e. The van der Waals surface area contributed by atoms with Gasteiger partial charge in [-0.3, -0.25) is 10.2 Å². The van der Waals surface area contributed by atoms with Gasteiger partial charge < -0.3 is 30.3 Å². The average Bonchev–Trinajstić information content (AvgIpc) is 3.43. The first-order valence-electron chi connectivity index (χ1n) is 13.5. The van der Waals surface area contributed by atoms with E-state index < -0.39 is 11.9 Å². The zero-order valence-electron chi connectivity index (χ0n) is 26.0. The molecule has 2 aromatic carbocycles. The van der Waals surface area contributed by atoms with Crippen LogP contribution in [-0.2, 0) is 17.9 Å². The van der Waals surface area contributed by atoms with E-state index in [1.807, 2.05) is 51.1 Å². The summed E-state index contributed by atoms with van der Waals surface area (Å²) in [6.45, 7) is 14.3. The molecule has 1 aromatic heterocycles. The van der Waals surface area contributed by atoms with Gasteiger partial charge in [0.25, 0.3) is 0 Å². The number of nitrogens with two attached hydrogens (primary N) is 1. The summed E-state index contributed by atoms with van der Waals surface area (Å²) in [5.74, 6) is 2.67. The van der Waals surface area contributed by atoms with Crippen LogP contribution in [0.2, 0.25) is 0 Å². The number of carbonyl (C=O) groups is 1. The number of aryl methyl sites for hydroxylation is 1. The number of rotatable bonds is 11. The summed E-state index contributed by atoms with van der Waals surface area (Å²) in [5.41, 5.74) is 6.60. The quantitative estimate of drug-likeness (QED) is 0.0793. The fourth-order valence-electron chi connectivity index (χ4n) is 3.22. The van der Waals surface area contributed by atoms with Crippen LogP contribution < -0.4 is 25.8 Å². The SMILES string of the molecule is C/C=C(\NC)Oc1ccc(CNC=O)cc1.C=C.CC.COc1ccc(-c2nc(C)c(CN)o2)c(/C=C\C(=N)C(F)(F)F)c1. The van der Waals surface area contributed by atoms with Gasteiger partial charge in [-0.05, 0) is 67.5 Å². The maximum atomic E-state index is 12.5. The van der Waals surface area contributed by atoms with E-state index in [0.29, 0.717) is 53.2 Å². The Morgan fingerprint density at radius 2 is 1.75 bits per heavy atom. The smallest absolute Gasteiger partial charge is 0.432 e. The fourth-order valence-corrected chi connectivity index (χ4v) is 3.22. The molecule has 0 bridgehead atoms. The van der Waals surface area contributed by atoms with Crippen LogP contribution in [0.3, 0.4) is 0 Å². The molecule has 3 rings (SSSR count). The van der Waals surface area contributed by atoms with Crippen LogP contribution in [0.1, 0.15) is 43.4 Å². The molecule has 0 radical (unpaired) electrons. The number of hydrogen-bond donors (Lipinski definition) is 4. The lowest BCUT2D eigenvalue weighted by Crippen LogP contribution is -2.19. The number of carbonyl (C=O) groups excluding carboxylic acids is 1. The van der Waals surface area contributed by atoms with Crippen molar-refractivity contribution < 1.29 is 31.9 Å². The third kappa shape index (κ3) is 13.0. The summed E-state index contributed by atoms with van der Waals surface area (Å²) in [6.07, 6.45) is -0.319. The Bertz CT molecular complexity index is 1350. The first-order chi connectivity index (χ1) is 21.1. The average molecular weight is 618 g/mol. The van der Waals surface area contributed by atoms with E-state index >= 15 is 0 Å². The van der Waals surface area contributed by atoms with Crippen molar-refractivity contribution in [2.75, 3.05) is 14.2 Å². The van der Waals surface area contributed by atoms with Crippen LogP contribution in [0.4, 0.5) is 13.2 Å². The Morgan fingerprint density at radius 3 is 2.23 bits per heavy atom. The lowest BCUT2D eigenvalue weighted by molar-refractivity contribution is -0.109. The van der Waals surface area contributed by atoms with E-state index in [1.54, 1.807) is 26.1 Å². The van der Waals surface area contributed by atoms with Crippen molar-refractivity contribution in [2.45, 2.75) is 47.0 Å². The molecule has 0 unspecified atom stereocenters. The number of benzene rings is 2. The molecule has 0 fully saturated rings. The van der Waals surface area contributed by atoms with Gasteiger partial charge in [0.15, 0.2) is 5.88 Å². The maximum absolute atomic E-state index is 12.5. The maximum Gasteiger partial charge on any atom is 0.432 e. The van der Waals surface area contributed by atoms with Crippen LogP contribution in [0.15, 0.2) is 78.1 Å². The molecule has 5 N–H and O–H groups in total. The van der Waals surface area contributed by atoms with Crippen LogP contribution in [0, 0.1) is 12.3 Å². The summed E-state index contributed by atoms with van der Waals surface area (Å²) in [7, 11) is 3.25. The predicted octanol–water partition coefficient (Wildman–Crippen LogP) is 6.93. The first-order valence-corrected chi connectivity index (χ1v) is 13.5. The fraction of sp³-hybridized carbons (Fsp3) is 0.281. The lowest BCUT2D eigenvalue weighted by atomic mass is 10.1. The molecular formula is C32H42F3N5O4. The first kappa shape index (κ1) is 39.2. The van der Waals surface area contributed by atoms with Crippen molar-refractivity contribution in [1.29, 1.82) is 5.41 Å². The lowest BCUT2D eigenvalue weighted by Gasteiger charge is -2.09. The zero-order valence-corrected chi connectivity index (χ0v) is 26.0. The van der Waals surface area contributed by atoms with Crippen molar-refractivity contribution >= 4 is 18.2 Å². The topological polar surface area (TPSA) is 135 Å². The third-order valence-corrected chi connectivity index (χ3v) is 5.35. The normalized spacial score (nSPS) is 10.6. The van der Waals surface area contributed by atoms with Gasteiger partial charge in [0.1, 0.15) is 23.0 Å². The number of halogens is 3. The number of hydrogen-bond acceptors (Lipinski definition) is 8. The van der Waals surface area contributed by atoms with Crippen molar-refractivity contribution in [1.82, 2.24) is 15.6 Å². The Kier molecular flexibility index (Phi) is 18.6. The number of nitrogens with zero attached hydrogens (tertiary/aromatic N) is 1. The number of aromatic nitrogens is 1. The highest BCUT2D eigenvalue weighted by Gasteiger charge is 2.32. The Morgan fingerprint density at radius 1 is 1.14 bits per heavy atom. The number of alkyl halides is 3. The molecule has 0 aliphatic carbocycles. The van der Waals surface area contributed by atoms with Crippen LogP contribution in [0.25, 0.3) is 17.5 Å². The molecule has 1 amide bonds. The van der Waals surface area contributed by atoms with Gasteiger partial charge in [-0.1, -0.05) is 32.1 Å². The molecule has 0 saturated heterocycles. The number of nitrogens with one attached hydrogen (secondary N) is 3. The monoisotopic (exact) mass is 617 g/mol. The summed E-state index contributed by atoms with van der Waals surface area (Å²) in [4.78, 5) is 14.4. The van der Waals surface area contributed by atoms with E-state index in [-0.39, 0.29) is 12.4 Å². The molecule has 0 saturated carbocycles.